The zero-order valence-corrected chi connectivity index (χ0v) is 11.8. The van der Waals surface area contributed by atoms with Gasteiger partial charge in [0.05, 0.1) is 10.2 Å². The van der Waals surface area contributed by atoms with Gasteiger partial charge in [-0.05, 0) is 36.2 Å². The summed E-state index contributed by atoms with van der Waals surface area (Å²) in [6, 6.07) is 0. The summed E-state index contributed by atoms with van der Waals surface area (Å²) in [5, 5.41) is 7.02. The molecule has 1 rings (SSSR count). The lowest BCUT2D eigenvalue weighted by Gasteiger charge is -2.05. The fourth-order valence-electron chi connectivity index (χ4n) is 1.32. The van der Waals surface area contributed by atoms with Crippen LogP contribution in [0, 0.1) is 6.92 Å². The van der Waals surface area contributed by atoms with Gasteiger partial charge in [-0.15, -0.1) is 0 Å². The van der Waals surface area contributed by atoms with Crippen molar-refractivity contribution in [2.45, 2.75) is 26.8 Å². The van der Waals surface area contributed by atoms with Crippen LogP contribution in [0.5, 0.6) is 0 Å². The average Bonchev–Trinajstić information content (AvgIpc) is 2.57. The van der Waals surface area contributed by atoms with Crippen molar-refractivity contribution in [3.05, 3.63) is 16.4 Å². The third-order valence-corrected chi connectivity index (χ3v) is 2.96. The van der Waals surface area contributed by atoms with Gasteiger partial charge in [-0.2, -0.15) is 5.10 Å². The Hall–Kier alpha value is -0.880. The Bertz CT molecular complexity index is 346. The molecule has 0 unspecified atom stereocenters. The first kappa shape index (κ1) is 14.2. The highest BCUT2D eigenvalue weighted by Crippen LogP contribution is 2.12. The molecule has 0 saturated heterocycles. The van der Waals surface area contributed by atoms with Crippen LogP contribution in [0.2, 0.25) is 0 Å². The van der Waals surface area contributed by atoms with Gasteiger partial charge in [0, 0.05) is 26.0 Å². The molecule has 0 aliphatic heterocycles. The van der Waals surface area contributed by atoms with E-state index >= 15 is 0 Å². The Labute approximate surface area is 110 Å². The SMILES string of the molecule is CCOCCCNC(=O)Cn1cc(Br)c(C)n1. The molecular weight excluding hydrogens is 286 g/mol. The molecule has 17 heavy (non-hydrogen) atoms. The Morgan fingerprint density at radius 3 is 3.00 bits per heavy atom. The van der Waals surface area contributed by atoms with Crippen molar-refractivity contribution < 1.29 is 9.53 Å². The molecule has 0 aliphatic rings. The van der Waals surface area contributed by atoms with Crippen molar-refractivity contribution in [3.8, 4) is 0 Å². The minimum atomic E-state index is -0.0310. The lowest BCUT2D eigenvalue weighted by atomic mass is 10.4. The Kier molecular flexibility index (Phi) is 6.21. The first-order chi connectivity index (χ1) is 8.13. The first-order valence-corrected chi connectivity index (χ1v) is 6.46. The van der Waals surface area contributed by atoms with Crippen molar-refractivity contribution in [3.63, 3.8) is 0 Å². The maximum absolute atomic E-state index is 11.5. The molecule has 0 aromatic carbocycles. The predicted octanol–water partition coefficient (Wildman–Crippen LogP) is 1.50. The second-order valence-corrected chi connectivity index (χ2v) is 4.51. The molecule has 1 aromatic heterocycles. The van der Waals surface area contributed by atoms with Crippen LogP contribution in [-0.2, 0) is 16.1 Å². The summed E-state index contributed by atoms with van der Waals surface area (Å²) < 4.78 is 7.72. The number of rotatable bonds is 7. The number of carbonyl (C=O) groups is 1. The third kappa shape index (κ3) is 5.32. The Balaban J connectivity index is 2.21. The maximum Gasteiger partial charge on any atom is 0.241 e. The number of hydrogen-bond acceptors (Lipinski definition) is 3. The molecule has 5 nitrogen and oxygen atoms in total. The summed E-state index contributed by atoms with van der Waals surface area (Å²) in [6.45, 7) is 6.14. The van der Waals surface area contributed by atoms with Crippen molar-refractivity contribution in [1.29, 1.82) is 0 Å². The molecule has 0 bridgehead atoms. The van der Waals surface area contributed by atoms with E-state index in [0.717, 1.165) is 16.6 Å². The summed E-state index contributed by atoms with van der Waals surface area (Å²) in [4.78, 5) is 11.5. The Morgan fingerprint density at radius 2 is 2.41 bits per heavy atom. The molecule has 0 radical (unpaired) electrons. The van der Waals surface area contributed by atoms with E-state index in [-0.39, 0.29) is 12.5 Å². The van der Waals surface area contributed by atoms with Gasteiger partial charge < -0.3 is 10.1 Å². The van der Waals surface area contributed by atoms with Crippen LogP contribution < -0.4 is 5.32 Å². The van der Waals surface area contributed by atoms with Gasteiger partial charge in [0.15, 0.2) is 0 Å². The van der Waals surface area contributed by atoms with Crippen molar-refractivity contribution in [2.24, 2.45) is 0 Å². The lowest BCUT2D eigenvalue weighted by Crippen LogP contribution is -2.29. The number of nitrogens with zero attached hydrogens (tertiary/aromatic N) is 2. The largest absolute Gasteiger partial charge is 0.382 e. The van der Waals surface area contributed by atoms with E-state index in [1.165, 1.54) is 0 Å². The number of ether oxygens (including phenoxy) is 1. The molecule has 0 spiro atoms. The normalized spacial score (nSPS) is 10.5. The number of nitrogens with one attached hydrogen (secondary N) is 1. The molecule has 0 saturated carbocycles. The van der Waals surface area contributed by atoms with Gasteiger partial charge >= 0.3 is 0 Å². The molecule has 96 valence electrons. The van der Waals surface area contributed by atoms with Gasteiger partial charge in [0.1, 0.15) is 6.54 Å². The summed E-state index contributed by atoms with van der Waals surface area (Å²) in [5.41, 5.74) is 0.883. The minimum absolute atomic E-state index is 0.0310. The number of carbonyl (C=O) groups excluding carboxylic acids is 1. The number of halogens is 1. The van der Waals surface area contributed by atoms with Gasteiger partial charge in [-0.25, -0.2) is 0 Å². The van der Waals surface area contributed by atoms with Crippen LogP contribution in [0.15, 0.2) is 10.7 Å². The molecule has 0 atom stereocenters. The second kappa shape index (κ2) is 7.45. The number of hydrogen-bond donors (Lipinski definition) is 1. The highest BCUT2D eigenvalue weighted by atomic mass is 79.9. The molecule has 6 heteroatoms. The van der Waals surface area contributed by atoms with E-state index in [4.69, 9.17) is 4.74 Å². The van der Waals surface area contributed by atoms with Crippen LogP contribution in [0.4, 0.5) is 0 Å². The number of aromatic nitrogens is 2. The monoisotopic (exact) mass is 303 g/mol. The summed E-state index contributed by atoms with van der Waals surface area (Å²) in [5.74, 6) is -0.0310. The standard InChI is InChI=1S/C11H18BrN3O2/c1-3-17-6-4-5-13-11(16)8-15-7-10(12)9(2)14-15/h7H,3-6,8H2,1-2H3,(H,13,16). The highest BCUT2D eigenvalue weighted by molar-refractivity contribution is 9.10. The predicted molar refractivity (Wildman–Crippen MR) is 68.8 cm³/mol. The smallest absolute Gasteiger partial charge is 0.241 e. The zero-order chi connectivity index (χ0) is 12.7. The van der Waals surface area contributed by atoms with Gasteiger partial charge in [-0.3, -0.25) is 9.48 Å². The van der Waals surface area contributed by atoms with Crippen LogP contribution in [0.25, 0.3) is 0 Å². The first-order valence-electron chi connectivity index (χ1n) is 5.67. The van der Waals surface area contributed by atoms with Gasteiger partial charge in [0.2, 0.25) is 5.91 Å². The molecule has 0 aliphatic carbocycles. The number of aryl methyl sites for hydroxylation is 1. The second-order valence-electron chi connectivity index (χ2n) is 3.66. The van der Waals surface area contributed by atoms with Crippen LogP contribution in [-0.4, -0.2) is 35.4 Å². The molecule has 1 amide bonds. The van der Waals surface area contributed by atoms with Crippen LogP contribution >= 0.6 is 15.9 Å². The van der Waals surface area contributed by atoms with Crippen LogP contribution in [0.3, 0.4) is 0 Å². The number of amides is 1. The zero-order valence-electron chi connectivity index (χ0n) is 10.2. The van der Waals surface area contributed by atoms with Gasteiger partial charge in [-0.1, -0.05) is 0 Å². The van der Waals surface area contributed by atoms with Crippen molar-refractivity contribution in [1.82, 2.24) is 15.1 Å². The van der Waals surface area contributed by atoms with E-state index in [0.29, 0.717) is 19.8 Å². The average molecular weight is 304 g/mol. The van der Waals surface area contributed by atoms with E-state index in [2.05, 4.69) is 26.3 Å². The summed E-state index contributed by atoms with van der Waals surface area (Å²) >= 11 is 3.36. The molecule has 1 heterocycles. The molecule has 1 N–H and O–H groups in total. The highest BCUT2D eigenvalue weighted by Gasteiger charge is 2.05. The fourth-order valence-corrected chi connectivity index (χ4v) is 1.64. The quantitative estimate of drug-likeness (QED) is 0.777. The van der Waals surface area contributed by atoms with Gasteiger partial charge in [0.25, 0.3) is 0 Å². The topological polar surface area (TPSA) is 56.1 Å². The van der Waals surface area contributed by atoms with E-state index in [1.807, 2.05) is 13.8 Å². The van der Waals surface area contributed by atoms with E-state index in [9.17, 15) is 4.79 Å². The molecule has 1 aromatic rings. The molecule has 0 fully saturated rings. The Morgan fingerprint density at radius 1 is 1.65 bits per heavy atom. The van der Waals surface area contributed by atoms with E-state index in [1.54, 1.807) is 10.9 Å². The maximum atomic E-state index is 11.5. The molecular formula is C11H18BrN3O2. The van der Waals surface area contributed by atoms with Crippen LogP contribution in [0.1, 0.15) is 19.0 Å². The van der Waals surface area contributed by atoms with Crippen molar-refractivity contribution in [2.75, 3.05) is 19.8 Å². The van der Waals surface area contributed by atoms with E-state index < -0.39 is 0 Å². The van der Waals surface area contributed by atoms with Crippen molar-refractivity contribution >= 4 is 21.8 Å². The third-order valence-electron chi connectivity index (χ3n) is 2.18. The summed E-state index contributed by atoms with van der Waals surface area (Å²) in [7, 11) is 0. The fraction of sp³-hybridized carbons (Fsp3) is 0.636. The minimum Gasteiger partial charge on any atom is -0.382 e. The lowest BCUT2D eigenvalue weighted by molar-refractivity contribution is -0.121. The summed E-state index contributed by atoms with van der Waals surface area (Å²) in [6.07, 6.45) is 2.64.